The molecule has 1 amide bonds. The van der Waals surface area contributed by atoms with E-state index in [1.165, 1.54) is 17.5 Å². The minimum atomic E-state index is -0.685. The van der Waals surface area contributed by atoms with Crippen molar-refractivity contribution in [2.24, 2.45) is 4.99 Å². The molecule has 0 aliphatic carbocycles. The number of aliphatic hydroxyl groups excluding tert-OH is 1. The van der Waals surface area contributed by atoms with Crippen molar-refractivity contribution in [1.82, 2.24) is 19.4 Å². The van der Waals surface area contributed by atoms with Crippen molar-refractivity contribution in [3.63, 3.8) is 0 Å². The molecule has 192 valence electrons. The van der Waals surface area contributed by atoms with E-state index in [-0.39, 0.29) is 24.4 Å². The number of nitrogens with one attached hydrogen (secondary N) is 1. The number of methoxy groups -OCH3 is 1. The topological polar surface area (TPSA) is 123 Å². The van der Waals surface area contributed by atoms with Gasteiger partial charge in [-0.1, -0.05) is 0 Å². The summed E-state index contributed by atoms with van der Waals surface area (Å²) in [6, 6.07) is 3.71. The molecule has 11 nitrogen and oxygen atoms in total. The first-order valence-electron chi connectivity index (χ1n) is 11.9. The summed E-state index contributed by atoms with van der Waals surface area (Å²) in [7, 11) is 1.54. The molecule has 0 spiro atoms. The molecule has 3 aromatic rings. The average molecular weight is 515 g/mol. The van der Waals surface area contributed by atoms with Gasteiger partial charge in [-0.2, -0.15) is 4.99 Å². The summed E-state index contributed by atoms with van der Waals surface area (Å²) in [5.74, 6) is 1.30. The van der Waals surface area contributed by atoms with Gasteiger partial charge in [-0.15, -0.1) is 11.3 Å². The molecular formula is C24H30N6O5S. The first-order valence-corrected chi connectivity index (χ1v) is 12.8. The zero-order chi connectivity index (χ0) is 25.2. The molecule has 2 aromatic heterocycles. The van der Waals surface area contributed by atoms with E-state index in [4.69, 9.17) is 19.2 Å². The Morgan fingerprint density at radius 1 is 1.36 bits per heavy atom. The molecule has 1 aromatic carbocycles. The van der Waals surface area contributed by atoms with Gasteiger partial charge >= 0.3 is 0 Å². The van der Waals surface area contributed by atoms with Crippen molar-refractivity contribution in [3.8, 4) is 11.5 Å². The summed E-state index contributed by atoms with van der Waals surface area (Å²) in [5.41, 5.74) is 2.40. The van der Waals surface area contributed by atoms with Crippen molar-refractivity contribution in [2.45, 2.75) is 38.7 Å². The zero-order valence-corrected chi connectivity index (χ0v) is 21.3. The molecule has 2 aliphatic heterocycles. The number of rotatable bonds is 7. The number of aromatic nitrogens is 3. The first-order chi connectivity index (χ1) is 17.4. The fourth-order valence-electron chi connectivity index (χ4n) is 4.78. The summed E-state index contributed by atoms with van der Waals surface area (Å²) in [5, 5.41) is 14.8. The SMILES string of the molecule is COc1c(OCC(O)CN2CC(C)OC(C)C2)ccc2c3n(c(=NC(=O)c4cncs4)nc12)CCN3. The van der Waals surface area contributed by atoms with Gasteiger partial charge in [0.25, 0.3) is 5.91 Å². The van der Waals surface area contributed by atoms with Gasteiger partial charge in [-0.25, -0.2) is 4.98 Å². The van der Waals surface area contributed by atoms with Gasteiger partial charge in [0.15, 0.2) is 11.5 Å². The zero-order valence-electron chi connectivity index (χ0n) is 20.5. The van der Waals surface area contributed by atoms with Crippen LogP contribution in [0.2, 0.25) is 0 Å². The second-order valence-electron chi connectivity index (χ2n) is 9.06. The summed E-state index contributed by atoms with van der Waals surface area (Å²) in [6.07, 6.45) is 1.07. The van der Waals surface area contributed by atoms with Crippen molar-refractivity contribution in [2.75, 3.05) is 45.2 Å². The Balaban J connectivity index is 1.41. The number of nitrogens with zero attached hydrogens (tertiary/aromatic N) is 5. The van der Waals surface area contributed by atoms with E-state index >= 15 is 0 Å². The molecule has 1 saturated heterocycles. The van der Waals surface area contributed by atoms with Crippen LogP contribution in [0.3, 0.4) is 0 Å². The Morgan fingerprint density at radius 2 is 2.17 bits per heavy atom. The third-order valence-electron chi connectivity index (χ3n) is 6.15. The minimum Gasteiger partial charge on any atom is -0.491 e. The number of hydrogen-bond acceptors (Lipinski definition) is 10. The van der Waals surface area contributed by atoms with Crippen LogP contribution < -0.4 is 20.4 Å². The van der Waals surface area contributed by atoms with Crippen molar-refractivity contribution in [3.05, 3.63) is 34.3 Å². The molecule has 36 heavy (non-hydrogen) atoms. The number of thiazole rings is 1. The number of carbonyl (C=O) groups excluding carboxylic acids is 1. The number of aliphatic hydroxyl groups is 1. The summed E-state index contributed by atoms with van der Waals surface area (Å²) in [4.78, 5) is 28.2. The molecule has 0 radical (unpaired) electrons. The Hall–Kier alpha value is -3.06. The monoisotopic (exact) mass is 514 g/mol. The van der Waals surface area contributed by atoms with Crippen LogP contribution in [0.1, 0.15) is 23.5 Å². The van der Waals surface area contributed by atoms with Gasteiger partial charge in [0.05, 0.1) is 31.0 Å². The van der Waals surface area contributed by atoms with Crippen LogP contribution >= 0.6 is 11.3 Å². The van der Waals surface area contributed by atoms with E-state index in [0.29, 0.717) is 41.5 Å². The molecule has 3 unspecified atom stereocenters. The number of ether oxygens (including phenoxy) is 3. The summed E-state index contributed by atoms with van der Waals surface area (Å²) < 4.78 is 19.3. The Kier molecular flexibility index (Phi) is 7.19. The second kappa shape index (κ2) is 10.5. The lowest BCUT2D eigenvalue weighted by molar-refractivity contribution is -0.0787. The molecule has 2 aliphatic rings. The van der Waals surface area contributed by atoms with Gasteiger partial charge in [0.1, 0.15) is 28.9 Å². The van der Waals surface area contributed by atoms with Crippen molar-refractivity contribution < 1.29 is 24.1 Å². The predicted octanol–water partition coefficient (Wildman–Crippen LogP) is 1.52. The van der Waals surface area contributed by atoms with E-state index in [0.717, 1.165) is 24.3 Å². The van der Waals surface area contributed by atoms with Crippen molar-refractivity contribution >= 4 is 34.0 Å². The van der Waals surface area contributed by atoms with E-state index in [1.54, 1.807) is 12.6 Å². The second-order valence-corrected chi connectivity index (χ2v) is 9.94. The number of benzene rings is 1. The molecule has 5 rings (SSSR count). The Bertz CT molecular complexity index is 1300. The lowest BCUT2D eigenvalue weighted by Crippen LogP contribution is -2.48. The highest BCUT2D eigenvalue weighted by Crippen LogP contribution is 2.37. The van der Waals surface area contributed by atoms with Gasteiger partial charge in [0.2, 0.25) is 5.62 Å². The molecule has 0 bridgehead atoms. The number of anilines is 1. The molecule has 1 fully saturated rings. The number of carbonyl (C=O) groups is 1. The smallest absolute Gasteiger partial charge is 0.291 e. The van der Waals surface area contributed by atoms with Crippen molar-refractivity contribution in [1.29, 1.82) is 0 Å². The molecule has 12 heteroatoms. The van der Waals surface area contributed by atoms with E-state index < -0.39 is 12.0 Å². The van der Waals surface area contributed by atoms with Crippen LogP contribution in [0.5, 0.6) is 11.5 Å². The largest absolute Gasteiger partial charge is 0.491 e. The highest BCUT2D eigenvalue weighted by molar-refractivity contribution is 7.11. The molecule has 4 heterocycles. The lowest BCUT2D eigenvalue weighted by atomic mass is 10.2. The van der Waals surface area contributed by atoms with Gasteiger partial charge in [0, 0.05) is 38.1 Å². The highest BCUT2D eigenvalue weighted by Gasteiger charge is 2.25. The lowest BCUT2D eigenvalue weighted by Gasteiger charge is -2.36. The quantitative estimate of drug-likeness (QED) is 0.483. The summed E-state index contributed by atoms with van der Waals surface area (Å²) >= 11 is 1.23. The number of amides is 1. The summed E-state index contributed by atoms with van der Waals surface area (Å²) in [6.45, 7) is 7.54. The normalized spacial score (nSPS) is 21.3. The van der Waals surface area contributed by atoms with E-state index in [9.17, 15) is 9.90 Å². The number of morpholine rings is 1. The van der Waals surface area contributed by atoms with Crippen LogP contribution in [-0.4, -0.2) is 88.7 Å². The maximum atomic E-state index is 12.6. The van der Waals surface area contributed by atoms with Gasteiger partial charge in [-0.3, -0.25) is 19.2 Å². The Morgan fingerprint density at radius 3 is 2.89 bits per heavy atom. The predicted molar refractivity (Wildman–Crippen MR) is 135 cm³/mol. The number of fused-ring (bicyclic) bond motifs is 3. The third kappa shape index (κ3) is 5.07. The molecule has 2 N–H and O–H groups in total. The molecule has 0 saturated carbocycles. The maximum absolute atomic E-state index is 12.6. The standard InChI is InChI=1S/C24H30N6O5S/c1-14-9-29(10-15(2)35-14)11-16(31)12-34-18-5-4-17-20(21(18)33-3)27-24(30-7-6-26-22(17)30)28-23(32)19-8-25-13-36-19/h4-5,8,13-16,26,31H,6-7,9-12H2,1-3H3. The average Bonchev–Trinajstić information content (AvgIpc) is 3.54. The van der Waals surface area contributed by atoms with Gasteiger partial charge in [-0.05, 0) is 26.0 Å². The van der Waals surface area contributed by atoms with Crippen LogP contribution in [0.4, 0.5) is 5.82 Å². The highest BCUT2D eigenvalue weighted by atomic mass is 32.1. The number of β-amino-alcohol motifs (C(OH)–C–C–N with tert-alkyl or cyclic N) is 1. The first kappa shape index (κ1) is 24.6. The third-order valence-corrected chi connectivity index (χ3v) is 6.91. The fourth-order valence-corrected chi connectivity index (χ4v) is 5.29. The van der Waals surface area contributed by atoms with Crippen LogP contribution in [-0.2, 0) is 11.3 Å². The van der Waals surface area contributed by atoms with Crippen LogP contribution in [0.25, 0.3) is 10.9 Å². The fraction of sp³-hybridized carbons (Fsp3) is 0.500. The molecular weight excluding hydrogens is 484 g/mol. The Labute approximate surface area is 212 Å². The van der Waals surface area contributed by atoms with Crippen LogP contribution in [0.15, 0.2) is 28.8 Å². The van der Waals surface area contributed by atoms with Gasteiger partial charge < -0.3 is 24.6 Å². The van der Waals surface area contributed by atoms with E-state index in [1.807, 2.05) is 30.5 Å². The minimum absolute atomic E-state index is 0.0982. The maximum Gasteiger partial charge on any atom is 0.291 e. The molecule has 3 atom stereocenters. The van der Waals surface area contributed by atoms with Crippen LogP contribution in [0, 0.1) is 0 Å². The van der Waals surface area contributed by atoms with E-state index in [2.05, 4.69) is 20.2 Å². The number of hydrogen-bond donors (Lipinski definition) is 2.